The van der Waals surface area contributed by atoms with E-state index in [2.05, 4.69) is 6.92 Å². The number of hydrogen-bond donors (Lipinski definition) is 1. The summed E-state index contributed by atoms with van der Waals surface area (Å²) in [6, 6.07) is 12.3. The Bertz CT molecular complexity index is 1200. The molecule has 0 bridgehead atoms. The van der Waals surface area contributed by atoms with E-state index in [9.17, 15) is 27.9 Å². The van der Waals surface area contributed by atoms with E-state index in [0.717, 1.165) is 43.0 Å². The van der Waals surface area contributed by atoms with Crippen molar-refractivity contribution >= 4 is 38.4 Å². The molecule has 0 radical (unpaired) electrons. The molecule has 1 fully saturated rings. The van der Waals surface area contributed by atoms with Crippen molar-refractivity contribution in [3.8, 4) is 0 Å². The number of benzene rings is 2. The highest BCUT2D eigenvalue weighted by Crippen LogP contribution is 2.24. The number of likely N-dealkylation sites (tertiary alicyclic amines) is 1. The summed E-state index contributed by atoms with van der Waals surface area (Å²) in [5.74, 6) is -2.65. The van der Waals surface area contributed by atoms with Crippen molar-refractivity contribution in [2.24, 2.45) is 5.92 Å². The molecule has 1 aliphatic heterocycles. The lowest BCUT2D eigenvalue weighted by Gasteiger charge is -2.28. The fourth-order valence-corrected chi connectivity index (χ4v) is 6.45. The second-order valence-electron chi connectivity index (χ2n) is 9.79. The van der Waals surface area contributed by atoms with Crippen LogP contribution in [0.1, 0.15) is 58.3 Å². The predicted octanol–water partition coefficient (Wildman–Crippen LogP) is 4.13. The number of aliphatic carboxylic acids is 1. The van der Waals surface area contributed by atoms with Crippen molar-refractivity contribution in [2.75, 3.05) is 31.9 Å². The van der Waals surface area contributed by atoms with Crippen molar-refractivity contribution in [1.29, 1.82) is 0 Å². The first-order valence-corrected chi connectivity index (χ1v) is 14.9. The largest absolute Gasteiger partial charge is 0.481 e. The fourth-order valence-electron chi connectivity index (χ4n) is 4.83. The molecule has 3 rings (SSSR count). The van der Waals surface area contributed by atoms with E-state index >= 15 is 0 Å². The van der Waals surface area contributed by atoms with E-state index in [1.165, 1.54) is 0 Å². The third kappa shape index (κ3) is 8.28. The van der Waals surface area contributed by atoms with Crippen molar-refractivity contribution < 1.29 is 27.9 Å². The molecule has 8 nitrogen and oxygen atoms in total. The van der Waals surface area contributed by atoms with E-state index < -0.39 is 27.5 Å². The van der Waals surface area contributed by atoms with Crippen molar-refractivity contribution in [3.05, 3.63) is 42.5 Å². The van der Waals surface area contributed by atoms with Crippen LogP contribution in [0.3, 0.4) is 0 Å². The molecular weight excluding hydrogens is 492 g/mol. The third-order valence-electron chi connectivity index (χ3n) is 6.93. The highest BCUT2D eigenvalue weighted by atomic mass is 32.2. The number of hydrogen-bond acceptors (Lipinski definition) is 5. The van der Waals surface area contributed by atoms with Crippen molar-refractivity contribution in [3.63, 3.8) is 0 Å². The maximum atomic E-state index is 13.7. The van der Waals surface area contributed by atoms with Gasteiger partial charge in [0.15, 0.2) is 9.84 Å². The molecule has 1 N–H and O–H groups in total. The molecule has 1 saturated heterocycles. The number of carboxylic acid groups (broad SMARTS) is 1. The molecule has 202 valence electrons. The van der Waals surface area contributed by atoms with Gasteiger partial charge >= 0.3 is 5.97 Å². The van der Waals surface area contributed by atoms with Crippen LogP contribution in [0.25, 0.3) is 10.8 Å². The lowest BCUT2D eigenvalue weighted by Crippen LogP contribution is -2.41. The van der Waals surface area contributed by atoms with Gasteiger partial charge in [-0.1, -0.05) is 50.1 Å². The minimum absolute atomic E-state index is 0.0458. The first-order chi connectivity index (χ1) is 17.7. The molecule has 0 spiro atoms. The second kappa shape index (κ2) is 13.6. The van der Waals surface area contributed by atoms with Crippen LogP contribution < -0.4 is 0 Å². The maximum Gasteiger partial charge on any atom is 0.303 e. The second-order valence-corrected chi connectivity index (χ2v) is 11.8. The SMILES string of the molecule is CCCCCN(CCCN1CCCC1=O)C(=O)C(CCC(=O)O)CS(=O)(=O)c1ccc2ccccc2c1. The number of carboxylic acids is 1. The van der Waals surface area contributed by atoms with E-state index in [0.29, 0.717) is 32.5 Å². The number of amides is 2. The Kier molecular flexibility index (Phi) is 10.5. The highest BCUT2D eigenvalue weighted by molar-refractivity contribution is 7.91. The summed E-state index contributed by atoms with van der Waals surface area (Å²) in [6.45, 7) is 4.25. The lowest BCUT2D eigenvalue weighted by molar-refractivity contribution is -0.138. The molecule has 0 aliphatic carbocycles. The number of unbranched alkanes of at least 4 members (excludes halogenated alkanes) is 2. The zero-order valence-electron chi connectivity index (χ0n) is 21.6. The molecule has 1 unspecified atom stereocenters. The number of carbonyl (C=O) groups excluding carboxylic acids is 2. The fraction of sp³-hybridized carbons (Fsp3) is 0.536. The van der Waals surface area contributed by atoms with Gasteiger partial charge in [0.05, 0.1) is 16.6 Å². The minimum Gasteiger partial charge on any atom is -0.481 e. The van der Waals surface area contributed by atoms with Gasteiger partial charge in [-0.25, -0.2) is 8.42 Å². The summed E-state index contributed by atoms with van der Waals surface area (Å²) in [4.78, 5) is 40.5. The van der Waals surface area contributed by atoms with Crippen LogP contribution in [-0.4, -0.2) is 73.0 Å². The molecule has 0 saturated carbocycles. The summed E-state index contributed by atoms with van der Waals surface area (Å²) in [7, 11) is -3.84. The van der Waals surface area contributed by atoms with Gasteiger partial charge in [-0.15, -0.1) is 0 Å². The molecule has 2 amide bonds. The summed E-state index contributed by atoms with van der Waals surface area (Å²) < 4.78 is 26.8. The maximum absolute atomic E-state index is 13.7. The monoisotopic (exact) mass is 530 g/mol. The van der Waals surface area contributed by atoms with Crippen molar-refractivity contribution in [2.45, 2.75) is 63.2 Å². The molecule has 1 atom stereocenters. The highest BCUT2D eigenvalue weighted by Gasteiger charge is 2.31. The van der Waals surface area contributed by atoms with Crippen LogP contribution in [0.2, 0.25) is 0 Å². The number of sulfone groups is 1. The van der Waals surface area contributed by atoms with Gasteiger partial charge in [0, 0.05) is 39.0 Å². The first-order valence-electron chi connectivity index (χ1n) is 13.2. The smallest absolute Gasteiger partial charge is 0.303 e. The van der Waals surface area contributed by atoms with E-state index in [-0.39, 0.29) is 29.6 Å². The molecule has 1 aliphatic rings. The lowest BCUT2D eigenvalue weighted by atomic mass is 10.0. The standard InChI is InChI=1S/C28H38N2O6S/c1-2-3-6-16-30(19-8-18-29-17-7-11-26(29)31)28(34)24(13-15-27(32)33)21-37(35,36)25-14-12-22-9-4-5-10-23(22)20-25/h4-5,9-10,12,14,20,24H,2-3,6-8,11,13,15-19,21H2,1H3,(H,32,33). The van der Waals surface area contributed by atoms with Gasteiger partial charge in [-0.2, -0.15) is 0 Å². The van der Waals surface area contributed by atoms with Crippen LogP contribution in [0.15, 0.2) is 47.4 Å². The number of carbonyl (C=O) groups is 3. The van der Waals surface area contributed by atoms with Gasteiger partial charge in [-0.3, -0.25) is 14.4 Å². The zero-order valence-corrected chi connectivity index (χ0v) is 22.4. The molecular formula is C28H38N2O6S. The van der Waals surface area contributed by atoms with Crippen molar-refractivity contribution in [1.82, 2.24) is 9.80 Å². The Morgan fingerprint density at radius 3 is 2.46 bits per heavy atom. The van der Waals surface area contributed by atoms with Gasteiger partial charge in [0.1, 0.15) is 0 Å². The number of fused-ring (bicyclic) bond motifs is 1. The molecule has 37 heavy (non-hydrogen) atoms. The molecule has 2 aromatic carbocycles. The van der Waals surface area contributed by atoms with E-state index in [1.54, 1.807) is 28.0 Å². The van der Waals surface area contributed by atoms with Gasteiger partial charge in [0.2, 0.25) is 11.8 Å². The average Bonchev–Trinajstić information content (AvgIpc) is 3.29. The van der Waals surface area contributed by atoms with Crippen LogP contribution in [0, 0.1) is 5.92 Å². The summed E-state index contributed by atoms with van der Waals surface area (Å²) in [6.07, 6.45) is 4.38. The van der Waals surface area contributed by atoms with Crippen LogP contribution >= 0.6 is 0 Å². The van der Waals surface area contributed by atoms with Gasteiger partial charge < -0.3 is 14.9 Å². The van der Waals surface area contributed by atoms with Crippen LogP contribution in [0.5, 0.6) is 0 Å². The molecule has 9 heteroatoms. The van der Waals surface area contributed by atoms with Crippen LogP contribution in [-0.2, 0) is 24.2 Å². The minimum atomic E-state index is -3.84. The molecule has 0 aromatic heterocycles. The quantitative estimate of drug-likeness (QED) is 0.347. The Morgan fingerprint density at radius 2 is 1.78 bits per heavy atom. The Morgan fingerprint density at radius 1 is 1.05 bits per heavy atom. The third-order valence-corrected chi connectivity index (χ3v) is 8.74. The summed E-state index contributed by atoms with van der Waals surface area (Å²) in [5, 5.41) is 11.0. The zero-order chi connectivity index (χ0) is 26.8. The van der Waals surface area contributed by atoms with Gasteiger partial charge in [-0.05, 0) is 48.6 Å². The van der Waals surface area contributed by atoms with E-state index in [1.807, 2.05) is 24.3 Å². The Balaban J connectivity index is 1.77. The number of nitrogens with zero attached hydrogens (tertiary/aromatic N) is 2. The van der Waals surface area contributed by atoms with E-state index in [4.69, 9.17) is 0 Å². The van der Waals surface area contributed by atoms with Gasteiger partial charge in [0.25, 0.3) is 0 Å². The molecule has 2 aromatic rings. The summed E-state index contributed by atoms with van der Waals surface area (Å²) >= 11 is 0. The normalized spacial score (nSPS) is 14.7. The predicted molar refractivity (Wildman–Crippen MR) is 143 cm³/mol. The summed E-state index contributed by atoms with van der Waals surface area (Å²) in [5.41, 5.74) is 0. The topological polar surface area (TPSA) is 112 Å². The van der Waals surface area contributed by atoms with Crippen LogP contribution in [0.4, 0.5) is 0 Å². The molecule has 1 heterocycles. The Labute approximate surface area is 219 Å². The Hall–Kier alpha value is -2.94. The first kappa shape index (κ1) is 28.6. The average molecular weight is 531 g/mol. The number of rotatable bonds is 15.